The highest BCUT2D eigenvalue weighted by molar-refractivity contribution is 6.32. The van der Waals surface area contributed by atoms with Crippen molar-refractivity contribution < 1.29 is 18.9 Å². The Bertz CT molecular complexity index is 1180. The molecule has 31 heavy (non-hydrogen) atoms. The van der Waals surface area contributed by atoms with Gasteiger partial charge >= 0.3 is 0 Å². The van der Waals surface area contributed by atoms with Gasteiger partial charge < -0.3 is 4.42 Å². The maximum atomic E-state index is 12.9. The van der Waals surface area contributed by atoms with Gasteiger partial charge in [-0.05, 0) is 54.4 Å². The van der Waals surface area contributed by atoms with Crippen molar-refractivity contribution >= 4 is 35.3 Å². The summed E-state index contributed by atoms with van der Waals surface area (Å²) in [5.41, 5.74) is 0.264. The molecule has 1 saturated heterocycles. The Balaban J connectivity index is 1.24. The Kier molecular flexibility index (Phi) is 3.80. The lowest BCUT2D eigenvalue weighted by Crippen LogP contribution is -2.40. The molecule has 2 heterocycles. The summed E-state index contributed by atoms with van der Waals surface area (Å²) in [5, 5.41) is 16.3. The van der Waals surface area contributed by atoms with Crippen LogP contribution < -0.4 is 0 Å². The summed E-state index contributed by atoms with van der Waals surface area (Å²) in [4.78, 5) is 36.4. The van der Waals surface area contributed by atoms with E-state index in [1.165, 1.54) is 18.3 Å². The monoisotopic (exact) mass is 437 g/mol. The third-order valence-electron chi connectivity index (χ3n) is 6.99. The fourth-order valence-electron chi connectivity index (χ4n) is 5.55. The largest absolute Gasteiger partial charge is 0.455 e. The van der Waals surface area contributed by atoms with Crippen LogP contribution in [0.25, 0.3) is 11.3 Å². The van der Waals surface area contributed by atoms with E-state index in [2.05, 4.69) is 17.3 Å². The minimum Gasteiger partial charge on any atom is -0.455 e. The number of imide groups is 1. The molecule has 5 aliphatic rings. The average Bonchev–Trinajstić information content (AvgIpc) is 3.39. The van der Waals surface area contributed by atoms with Crippen molar-refractivity contribution in [1.29, 1.82) is 0 Å². The third-order valence-corrected chi connectivity index (χ3v) is 7.31. The summed E-state index contributed by atoms with van der Waals surface area (Å²) >= 11 is 5.85. The Morgan fingerprint density at radius 2 is 1.77 bits per heavy atom. The smallest absolute Gasteiger partial charge is 0.288 e. The van der Waals surface area contributed by atoms with Crippen LogP contribution >= 0.6 is 11.6 Å². The highest BCUT2D eigenvalue weighted by atomic mass is 35.5. The van der Waals surface area contributed by atoms with E-state index in [1.54, 1.807) is 18.2 Å². The number of benzene rings is 1. The van der Waals surface area contributed by atoms with Crippen LogP contribution in [0.4, 0.5) is 5.69 Å². The number of furan rings is 1. The molecule has 9 heteroatoms. The summed E-state index contributed by atoms with van der Waals surface area (Å²) in [6.07, 6.45) is 6.67. The van der Waals surface area contributed by atoms with Gasteiger partial charge in [-0.2, -0.15) is 10.1 Å². The van der Waals surface area contributed by atoms with Crippen molar-refractivity contribution in [3.8, 4) is 11.3 Å². The maximum absolute atomic E-state index is 12.9. The van der Waals surface area contributed by atoms with Crippen LogP contribution in [0.2, 0.25) is 5.02 Å². The Hall–Kier alpha value is -3.26. The molecule has 0 N–H and O–H groups in total. The van der Waals surface area contributed by atoms with Gasteiger partial charge in [0.05, 0.1) is 23.0 Å². The number of nitro benzene ring substituents is 1. The number of carbonyl (C=O) groups is 2. The van der Waals surface area contributed by atoms with Crippen molar-refractivity contribution in [2.24, 2.45) is 40.6 Å². The molecular formula is C22H16ClN3O5. The van der Waals surface area contributed by atoms with Crippen molar-refractivity contribution in [3.05, 3.63) is 63.4 Å². The number of amides is 2. The van der Waals surface area contributed by atoms with E-state index in [9.17, 15) is 19.7 Å². The lowest BCUT2D eigenvalue weighted by atomic mass is 9.63. The van der Waals surface area contributed by atoms with E-state index >= 15 is 0 Å². The fraction of sp³-hybridized carbons (Fsp3) is 0.318. The molecule has 156 valence electrons. The maximum Gasteiger partial charge on any atom is 0.288 e. The molecule has 0 radical (unpaired) electrons. The van der Waals surface area contributed by atoms with E-state index in [0.717, 1.165) is 11.4 Å². The molecule has 0 spiro atoms. The zero-order chi connectivity index (χ0) is 21.4. The highest BCUT2D eigenvalue weighted by Gasteiger charge is 2.67. The van der Waals surface area contributed by atoms with E-state index in [4.69, 9.17) is 16.0 Å². The number of hydrogen-bond acceptors (Lipinski definition) is 6. The van der Waals surface area contributed by atoms with Crippen molar-refractivity contribution in [1.82, 2.24) is 5.01 Å². The lowest BCUT2D eigenvalue weighted by molar-refractivity contribution is -0.384. The third kappa shape index (κ3) is 2.64. The van der Waals surface area contributed by atoms with Gasteiger partial charge in [0.15, 0.2) is 0 Å². The SMILES string of the molecule is O=C1[C@@H]2[C@H]3C=C[C@@H]([C@@H]4C[C@@H]34)[C@H]2C(=O)N1/N=C\c1ccc(-c2ccc(Cl)c([N+](=O)[O-])c2)o1. The molecule has 1 aromatic carbocycles. The topological polar surface area (TPSA) is 106 Å². The molecule has 2 amide bonds. The summed E-state index contributed by atoms with van der Waals surface area (Å²) in [7, 11) is 0. The molecule has 3 fully saturated rings. The van der Waals surface area contributed by atoms with Gasteiger partial charge in [0.1, 0.15) is 16.5 Å². The molecule has 8 nitrogen and oxygen atoms in total. The van der Waals surface area contributed by atoms with Crippen molar-refractivity contribution in [2.75, 3.05) is 0 Å². The van der Waals surface area contributed by atoms with Crippen molar-refractivity contribution in [2.45, 2.75) is 6.42 Å². The molecule has 4 aliphatic carbocycles. The molecule has 2 bridgehead atoms. The summed E-state index contributed by atoms with van der Waals surface area (Å²) in [6, 6.07) is 7.63. The second-order valence-corrected chi connectivity index (χ2v) is 8.92. The molecule has 1 aromatic heterocycles. The molecular weight excluding hydrogens is 422 g/mol. The molecule has 7 rings (SSSR count). The fourth-order valence-corrected chi connectivity index (χ4v) is 5.74. The van der Waals surface area contributed by atoms with Crippen molar-refractivity contribution in [3.63, 3.8) is 0 Å². The predicted octanol–water partition coefficient (Wildman–Crippen LogP) is 3.90. The van der Waals surface area contributed by atoms with Crippen LogP contribution in [-0.2, 0) is 9.59 Å². The van der Waals surface area contributed by atoms with Crippen LogP contribution in [0.5, 0.6) is 0 Å². The first-order valence-corrected chi connectivity index (χ1v) is 10.5. The number of halogens is 1. The van der Waals surface area contributed by atoms with Gasteiger partial charge in [-0.3, -0.25) is 19.7 Å². The second kappa shape index (κ2) is 6.37. The van der Waals surface area contributed by atoms with Gasteiger partial charge in [0, 0.05) is 11.6 Å². The van der Waals surface area contributed by atoms with Gasteiger partial charge in [-0.15, -0.1) is 0 Å². The van der Waals surface area contributed by atoms with Crippen LogP contribution in [0.15, 0.2) is 52.0 Å². The van der Waals surface area contributed by atoms with Gasteiger partial charge in [-0.1, -0.05) is 23.8 Å². The molecule has 2 saturated carbocycles. The van der Waals surface area contributed by atoms with E-state index in [-0.39, 0.29) is 46.2 Å². The van der Waals surface area contributed by atoms with E-state index < -0.39 is 4.92 Å². The molecule has 0 unspecified atom stereocenters. The van der Waals surface area contributed by atoms with Crippen LogP contribution in [0.1, 0.15) is 12.2 Å². The zero-order valence-electron chi connectivity index (χ0n) is 16.1. The number of rotatable bonds is 4. The van der Waals surface area contributed by atoms with E-state index in [0.29, 0.717) is 28.9 Å². The number of hydrazone groups is 1. The number of nitrogens with zero attached hydrogens (tertiary/aromatic N) is 3. The molecule has 2 aromatic rings. The van der Waals surface area contributed by atoms with E-state index in [1.807, 2.05) is 0 Å². The second-order valence-electron chi connectivity index (χ2n) is 8.51. The Labute approximate surface area is 181 Å². The van der Waals surface area contributed by atoms with Crippen LogP contribution in [0.3, 0.4) is 0 Å². The zero-order valence-corrected chi connectivity index (χ0v) is 16.8. The number of allylic oxidation sites excluding steroid dienone is 2. The molecule has 1 aliphatic heterocycles. The molecule has 6 atom stereocenters. The number of hydrogen-bond donors (Lipinski definition) is 0. The Morgan fingerprint density at radius 3 is 2.42 bits per heavy atom. The van der Waals surface area contributed by atoms with Gasteiger partial charge in [-0.25, -0.2) is 0 Å². The number of nitro groups is 1. The van der Waals surface area contributed by atoms with Gasteiger partial charge in [0.25, 0.3) is 17.5 Å². The first-order valence-electron chi connectivity index (χ1n) is 10.1. The minimum absolute atomic E-state index is 0.0377. The predicted molar refractivity (Wildman–Crippen MR) is 110 cm³/mol. The normalized spacial score (nSPS) is 32.6. The quantitative estimate of drug-likeness (QED) is 0.237. The Morgan fingerprint density at radius 1 is 1.10 bits per heavy atom. The highest BCUT2D eigenvalue weighted by Crippen LogP contribution is 2.65. The first-order chi connectivity index (χ1) is 14.9. The van der Waals surface area contributed by atoms with Gasteiger partial charge in [0.2, 0.25) is 0 Å². The lowest BCUT2D eigenvalue weighted by Gasteiger charge is -2.37. The summed E-state index contributed by atoms with van der Waals surface area (Å²) in [5.74, 6) is 0.992. The summed E-state index contributed by atoms with van der Waals surface area (Å²) in [6.45, 7) is 0. The van der Waals surface area contributed by atoms with Crippen LogP contribution in [-0.4, -0.2) is 28.0 Å². The van der Waals surface area contributed by atoms with Crippen LogP contribution in [0, 0.1) is 45.6 Å². The standard InChI is InChI=1S/C22H16ClN3O5/c23-16-5-1-10(7-17(16)26(29)30)18-6-2-11(31-18)9-24-25-21(27)19-12-3-4-13(15-8-14(12)15)20(19)22(25)28/h1-7,9,12-15,19-20H,8H2/b24-9-/t12-,13-,14-,15-,19+,20+/m0/s1. The first kappa shape index (κ1) is 18.5. The average molecular weight is 438 g/mol. The summed E-state index contributed by atoms with van der Waals surface area (Å²) < 4.78 is 5.70. The number of carbonyl (C=O) groups excluding carboxylic acids is 2. The minimum atomic E-state index is -0.562.